The molecule has 0 bridgehead atoms. The van der Waals surface area contributed by atoms with Crippen LogP contribution in [0.4, 0.5) is 0 Å². The molecule has 0 radical (unpaired) electrons. The van der Waals surface area contributed by atoms with Crippen molar-refractivity contribution in [3.05, 3.63) is 11.8 Å². The Morgan fingerprint density at radius 1 is 1.32 bits per heavy atom. The van der Waals surface area contributed by atoms with E-state index in [0.29, 0.717) is 6.42 Å². The Morgan fingerprint density at radius 2 is 1.95 bits per heavy atom. The molecule has 0 saturated carbocycles. The van der Waals surface area contributed by atoms with Crippen LogP contribution in [0.25, 0.3) is 0 Å². The fourth-order valence-electron chi connectivity index (χ4n) is 2.14. The predicted molar refractivity (Wildman–Crippen MR) is 72.4 cm³/mol. The summed E-state index contributed by atoms with van der Waals surface area (Å²) in [7, 11) is -1.92. The van der Waals surface area contributed by atoms with Gasteiger partial charge in [-0.25, -0.2) is 0 Å². The molecule has 0 spiro atoms. The highest BCUT2D eigenvalue weighted by Gasteiger charge is 2.49. The minimum atomic E-state index is -1.92. The Kier molecular flexibility index (Phi) is 3.64. The van der Waals surface area contributed by atoms with E-state index >= 15 is 0 Å². The number of carbonyl (C=O) groups excluding carboxylic acids is 1. The fourth-order valence-corrected chi connectivity index (χ4v) is 2.72. The summed E-state index contributed by atoms with van der Waals surface area (Å²) in [6.07, 6.45) is 0.667. The zero-order valence-electron chi connectivity index (χ0n) is 12.1. The second-order valence-corrected chi connectivity index (χ2v) is 11.6. The molecule has 5 nitrogen and oxygen atoms in total. The lowest BCUT2D eigenvalue weighted by molar-refractivity contribution is -0.203. The molecule has 6 heteroatoms. The lowest BCUT2D eigenvalue weighted by atomic mass is 10.1. The number of rotatable bonds is 3. The first kappa shape index (κ1) is 14.7. The van der Waals surface area contributed by atoms with E-state index in [1.165, 1.54) is 6.08 Å². The van der Waals surface area contributed by atoms with Gasteiger partial charge in [-0.2, -0.15) is 0 Å². The third kappa shape index (κ3) is 3.25. The zero-order chi connectivity index (χ0) is 14.4. The molecule has 0 unspecified atom stereocenters. The number of aliphatic hydroxyl groups excluding tert-OH is 1. The SMILES string of the molecule is CC1(C)O[C@H]2O[C@H](/C(O)=C/C(=O)[Si](C)(C)C)C[C@H]2O1. The lowest BCUT2D eigenvalue weighted by Gasteiger charge is -2.20. The highest BCUT2D eigenvalue weighted by Crippen LogP contribution is 2.38. The quantitative estimate of drug-likeness (QED) is 0.489. The third-order valence-corrected chi connectivity index (χ3v) is 4.85. The van der Waals surface area contributed by atoms with Gasteiger partial charge < -0.3 is 24.1 Å². The van der Waals surface area contributed by atoms with Crippen molar-refractivity contribution in [2.24, 2.45) is 0 Å². The van der Waals surface area contributed by atoms with Gasteiger partial charge in [-0.3, -0.25) is 0 Å². The smallest absolute Gasteiger partial charge is 0.188 e. The van der Waals surface area contributed by atoms with Gasteiger partial charge in [0.1, 0.15) is 31.4 Å². The van der Waals surface area contributed by atoms with E-state index in [0.717, 1.165) is 0 Å². The van der Waals surface area contributed by atoms with Gasteiger partial charge in [-0.15, -0.1) is 0 Å². The van der Waals surface area contributed by atoms with E-state index in [-0.39, 0.29) is 17.3 Å². The number of allylic oxidation sites excluding steroid dienone is 1. The summed E-state index contributed by atoms with van der Waals surface area (Å²) in [5, 5.41) is 10.0. The van der Waals surface area contributed by atoms with Crippen LogP contribution in [0.15, 0.2) is 11.8 Å². The van der Waals surface area contributed by atoms with Crippen molar-refractivity contribution in [2.45, 2.75) is 64.2 Å². The van der Waals surface area contributed by atoms with Crippen molar-refractivity contribution in [2.75, 3.05) is 0 Å². The Hall–Kier alpha value is -0.693. The molecule has 3 atom stereocenters. The Morgan fingerprint density at radius 3 is 2.47 bits per heavy atom. The summed E-state index contributed by atoms with van der Waals surface area (Å²) in [6.45, 7) is 9.48. The monoisotopic (exact) mass is 286 g/mol. The average Bonchev–Trinajstić information content (AvgIpc) is 2.69. The molecule has 0 aromatic rings. The van der Waals surface area contributed by atoms with Crippen molar-refractivity contribution in [1.82, 2.24) is 0 Å². The molecular weight excluding hydrogens is 264 g/mol. The Bertz CT molecular complexity index is 394. The molecule has 1 N–H and O–H groups in total. The van der Waals surface area contributed by atoms with Crippen molar-refractivity contribution in [3.8, 4) is 0 Å². The first-order valence-electron chi connectivity index (χ1n) is 6.54. The van der Waals surface area contributed by atoms with Crippen LogP contribution in [0.2, 0.25) is 19.6 Å². The average molecular weight is 286 g/mol. The van der Waals surface area contributed by atoms with Crippen molar-refractivity contribution >= 4 is 13.5 Å². The molecular formula is C13H22O5Si. The highest BCUT2D eigenvalue weighted by molar-refractivity contribution is 7.04. The van der Waals surface area contributed by atoms with Crippen LogP contribution in [0, 0.1) is 0 Å². The predicted octanol–water partition coefficient (Wildman–Crippen LogP) is 2.14. The fraction of sp³-hybridized carbons (Fsp3) is 0.769. The van der Waals surface area contributed by atoms with Crippen molar-refractivity contribution in [1.29, 1.82) is 0 Å². The van der Waals surface area contributed by atoms with Crippen LogP contribution < -0.4 is 0 Å². The van der Waals surface area contributed by atoms with E-state index in [1.54, 1.807) is 0 Å². The van der Waals surface area contributed by atoms with Crippen molar-refractivity contribution in [3.63, 3.8) is 0 Å². The Labute approximate surface area is 114 Å². The molecule has 2 fully saturated rings. The highest BCUT2D eigenvalue weighted by atomic mass is 28.3. The zero-order valence-corrected chi connectivity index (χ0v) is 13.1. The maximum Gasteiger partial charge on any atom is 0.188 e. The van der Waals surface area contributed by atoms with Crippen LogP contribution in [0.3, 0.4) is 0 Å². The van der Waals surface area contributed by atoms with Crippen LogP contribution in [0.1, 0.15) is 20.3 Å². The summed E-state index contributed by atoms with van der Waals surface area (Å²) in [6, 6.07) is 0. The van der Waals surface area contributed by atoms with Gasteiger partial charge in [0.2, 0.25) is 0 Å². The second kappa shape index (κ2) is 4.70. The van der Waals surface area contributed by atoms with E-state index in [4.69, 9.17) is 14.2 Å². The molecule has 0 aromatic carbocycles. The van der Waals surface area contributed by atoms with Gasteiger partial charge in [0.05, 0.1) is 0 Å². The third-order valence-electron chi connectivity index (χ3n) is 3.23. The maximum absolute atomic E-state index is 11.9. The first-order chi connectivity index (χ1) is 8.58. The van der Waals surface area contributed by atoms with Gasteiger partial charge in [-0.1, -0.05) is 19.6 Å². The summed E-state index contributed by atoms with van der Waals surface area (Å²) in [5.41, 5.74) is 0. The molecule has 2 saturated heterocycles. The molecule has 0 aromatic heterocycles. The van der Waals surface area contributed by atoms with E-state index in [2.05, 4.69) is 0 Å². The molecule has 2 aliphatic heterocycles. The second-order valence-electron chi connectivity index (χ2n) is 6.59. The molecule has 0 aliphatic carbocycles. The summed E-state index contributed by atoms with van der Waals surface area (Å²) >= 11 is 0. The largest absolute Gasteiger partial charge is 0.509 e. The van der Waals surface area contributed by atoms with E-state index in [9.17, 15) is 9.90 Å². The summed E-state index contributed by atoms with van der Waals surface area (Å²) in [5.74, 6) is -0.667. The molecule has 2 aliphatic rings. The van der Waals surface area contributed by atoms with Gasteiger partial charge in [0.15, 0.2) is 12.1 Å². The molecule has 0 amide bonds. The van der Waals surface area contributed by atoms with Crippen molar-refractivity contribution < 1.29 is 24.1 Å². The summed E-state index contributed by atoms with van der Waals surface area (Å²) < 4.78 is 16.8. The van der Waals surface area contributed by atoms with Crippen LogP contribution in [0.5, 0.6) is 0 Å². The van der Waals surface area contributed by atoms with Gasteiger partial charge >= 0.3 is 0 Å². The minimum Gasteiger partial charge on any atom is -0.509 e. The normalized spacial score (nSPS) is 34.4. The number of hydrogen-bond donors (Lipinski definition) is 1. The number of ether oxygens (including phenoxy) is 3. The number of hydrogen-bond acceptors (Lipinski definition) is 5. The van der Waals surface area contributed by atoms with E-state index in [1.807, 2.05) is 33.5 Å². The van der Waals surface area contributed by atoms with Gasteiger partial charge in [-0.05, 0) is 13.8 Å². The number of fused-ring (bicyclic) bond motifs is 1. The topological polar surface area (TPSA) is 65.0 Å². The number of carbonyl (C=O) groups is 1. The van der Waals surface area contributed by atoms with E-state index < -0.39 is 26.3 Å². The van der Waals surface area contributed by atoms with Crippen LogP contribution >= 0.6 is 0 Å². The van der Waals surface area contributed by atoms with Crippen LogP contribution in [-0.2, 0) is 19.0 Å². The standard InChI is InChI=1S/C13H22O5Si/c1-13(2)17-10-7-9(16-12(10)18-13)8(14)6-11(15)19(3,4)5/h6,9-10,12,14H,7H2,1-5H3/b8-6-/t9-,10+,12+/m0/s1. The molecule has 2 rings (SSSR count). The molecule has 19 heavy (non-hydrogen) atoms. The van der Waals surface area contributed by atoms with Gasteiger partial charge in [0.25, 0.3) is 0 Å². The van der Waals surface area contributed by atoms with Gasteiger partial charge in [0, 0.05) is 12.5 Å². The Balaban J connectivity index is 2.00. The number of aliphatic hydroxyl groups is 1. The van der Waals surface area contributed by atoms with Crippen LogP contribution in [-0.4, -0.2) is 42.9 Å². The lowest BCUT2D eigenvalue weighted by Crippen LogP contribution is -2.32. The first-order valence-corrected chi connectivity index (χ1v) is 10.0. The molecule has 108 valence electrons. The molecule has 2 heterocycles. The summed E-state index contributed by atoms with van der Waals surface area (Å²) in [4.78, 5) is 11.9. The maximum atomic E-state index is 11.9. The minimum absolute atomic E-state index is 0.00725.